The van der Waals surface area contributed by atoms with Crippen molar-refractivity contribution in [3.63, 3.8) is 0 Å². The van der Waals surface area contributed by atoms with E-state index in [4.69, 9.17) is 4.74 Å². The number of benzene rings is 1. The predicted molar refractivity (Wildman–Crippen MR) is 107 cm³/mol. The molecular weight excluding hydrogens is 364 g/mol. The van der Waals surface area contributed by atoms with Crippen LogP contribution in [0.1, 0.15) is 48.7 Å². The number of hydrogen-bond acceptors (Lipinski definition) is 5. The van der Waals surface area contributed by atoms with E-state index in [-0.39, 0.29) is 12.0 Å². The monoisotopic (exact) mass is 391 g/mol. The van der Waals surface area contributed by atoms with E-state index in [1.807, 2.05) is 39.4 Å². The molecule has 0 aromatic heterocycles. The zero-order valence-electron chi connectivity index (χ0n) is 16.3. The van der Waals surface area contributed by atoms with Crippen LogP contribution in [-0.4, -0.2) is 53.4 Å². The second kappa shape index (κ2) is 9.26. The highest BCUT2D eigenvalue weighted by Crippen LogP contribution is 2.24. The Morgan fingerprint density at radius 2 is 2.11 bits per heavy atom. The Morgan fingerprint density at radius 3 is 2.74 bits per heavy atom. The van der Waals surface area contributed by atoms with Gasteiger partial charge >= 0.3 is 6.09 Å². The van der Waals surface area contributed by atoms with Crippen LogP contribution in [0.5, 0.6) is 0 Å². The number of hydrogen-bond donors (Lipinski definition) is 1. The zero-order valence-corrected chi connectivity index (χ0v) is 17.1. The fraction of sp³-hybridized carbons (Fsp3) is 0.550. The van der Waals surface area contributed by atoms with Gasteiger partial charge < -0.3 is 15.0 Å². The smallest absolute Gasteiger partial charge is 0.410 e. The summed E-state index contributed by atoms with van der Waals surface area (Å²) in [6.07, 6.45) is 4.62. The van der Waals surface area contributed by atoms with Gasteiger partial charge in [0.1, 0.15) is 5.60 Å². The van der Waals surface area contributed by atoms with Crippen LogP contribution < -0.4 is 5.32 Å². The van der Waals surface area contributed by atoms with Crippen molar-refractivity contribution in [3.8, 4) is 0 Å². The summed E-state index contributed by atoms with van der Waals surface area (Å²) in [7, 11) is 0. The molecule has 0 bridgehead atoms. The SMILES string of the molecule is CSCC[C@@H]([C]=O)NC(=O)c1cccc2c1CCN(C(=O)OC(C)(C)C)C2. The van der Waals surface area contributed by atoms with Crippen LogP contribution in [0, 0.1) is 0 Å². The molecule has 1 aliphatic rings. The average molecular weight is 392 g/mol. The molecule has 0 saturated heterocycles. The molecular formula is C20H27N2O4S. The van der Waals surface area contributed by atoms with Gasteiger partial charge in [-0.3, -0.25) is 9.59 Å². The number of rotatable bonds is 6. The van der Waals surface area contributed by atoms with Gasteiger partial charge in [-0.15, -0.1) is 0 Å². The maximum atomic E-state index is 12.7. The van der Waals surface area contributed by atoms with E-state index in [0.29, 0.717) is 31.5 Å². The summed E-state index contributed by atoms with van der Waals surface area (Å²) in [5.74, 6) is 0.504. The van der Waals surface area contributed by atoms with E-state index in [1.165, 1.54) is 0 Å². The minimum Gasteiger partial charge on any atom is -0.444 e. The van der Waals surface area contributed by atoms with Gasteiger partial charge in [0.25, 0.3) is 5.91 Å². The van der Waals surface area contributed by atoms with Crippen LogP contribution in [0.2, 0.25) is 0 Å². The van der Waals surface area contributed by atoms with Crippen LogP contribution in [0.15, 0.2) is 18.2 Å². The highest BCUT2D eigenvalue weighted by atomic mass is 32.2. The van der Waals surface area contributed by atoms with Crippen molar-refractivity contribution in [2.24, 2.45) is 0 Å². The molecule has 0 aliphatic carbocycles. The van der Waals surface area contributed by atoms with Crippen molar-refractivity contribution in [2.45, 2.75) is 51.8 Å². The first kappa shape index (κ1) is 21.3. The lowest BCUT2D eigenvalue weighted by Crippen LogP contribution is -2.41. The zero-order chi connectivity index (χ0) is 20.0. The van der Waals surface area contributed by atoms with Gasteiger partial charge in [0.15, 0.2) is 0 Å². The lowest BCUT2D eigenvalue weighted by atomic mass is 9.94. The molecule has 1 aromatic rings. The topological polar surface area (TPSA) is 75.7 Å². The Morgan fingerprint density at radius 1 is 1.37 bits per heavy atom. The molecule has 0 saturated carbocycles. The van der Waals surface area contributed by atoms with Gasteiger partial charge in [-0.1, -0.05) is 12.1 Å². The van der Waals surface area contributed by atoms with E-state index >= 15 is 0 Å². The number of thioether (sulfide) groups is 1. The Kier molecular flexibility index (Phi) is 7.30. The van der Waals surface area contributed by atoms with Gasteiger partial charge in [-0.25, -0.2) is 4.79 Å². The highest BCUT2D eigenvalue weighted by Gasteiger charge is 2.28. The molecule has 6 nitrogen and oxygen atoms in total. The van der Waals surface area contributed by atoms with Gasteiger partial charge in [0, 0.05) is 18.7 Å². The maximum absolute atomic E-state index is 12.7. The third-order valence-electron chi connectivity index (χ3n) is 4.22. The van der Waals surface area contributed by atoms with Gasteiger partial charge in [0.05, 0.1) is 6.04 Å². The highest BCUT2D eigenvalue weighted by molar-refractivity contribution is 7.98. The van der Waals surface area contributed by atoms with Crippen LogP contribution in [-0.2, 0) is 22.5 Å². The summed E-state index contributed by atoms with van der Waals surface area (Å²) in [5.41, 5.74) is 1.86. The molecule has 0 fully saturated rings. The maximum Gasteiger partial charge on any atom is 0.410 e. The van der Waals surface area contributed by atoms with E-state index < -0.39 is 11.6 Å². The van der Waals surface area contributed by atoms with Crippen molar-refractivity contribution < 1.29 is 19.1 Å². The Labute approximate surface area is 165 Å². The van der Waals surface area contributed by atoms with Crippen molar-refractivity contribution in [1.29, 1.82) is 0 Å². The molecule has 1 aliphatic heterocycles. The quantitative estimate of drug-likeness (QED) is 0.807. The number of amides is 2. The first-order valence-corrected chi connectivity index (χ1v) is 10.4. The summed E-state index contributed by atoms with van der Waals surface area (Å²) in [6, 6.07) is 4.86. The van der Waals surface area contributed by atoms with E-state index in [0.717, 1.165) is 16.9 Å². The fourth-order valence-corrected chi connectivity index (χ4v) is 3.41. The minimum absolute atomic E-state index is 0.271. The third-order valence-corrected chi connectivity index (χ3v) is 4.86. The van der Waals surface area contributed by atoms with Crippen molar-refractivity contribution >= 4 is 30.0 Å². The number of nitrogens with one attached hydrogen (secondary N) is 1. The predicted octanol–water partition coefficient (Wildman–Crippen LogP) is 2.94. The summed E-state index contributed by atoms with van der Waals surface area (Å²) >= 11 is 1.62. The van der Waals surface area contributed by atoms with E-state index in [2.05, 4.69) is 5.32 Å². The molecule has 0 spiro atoms. The van der Waals surface area contributed by atoms with Crippen LogP contribution in [0.4, 0.5) is 4.79 Å². The molecule has 2 amide bonds. The van der Waals surface area contributed by atoms with Crippen LogP contribution in [0.25, 0.3) is 0 Å². The molecule has 1 aromatic carbocycles. The normalized spacial score (nSPS) is 14.9. The van der Waals surface area contributed by atoms with Crippen LogP contribution >= 0.6 is 11.8 Å². The molecule has 1 atom stereocenters. The molecule has 27 heavy (non-hydrogen) atoms. The first-order valence-electron chi connectivity index (χ1n) is 9.01. The second-order valence-corrected chi connectivity index (χ2v) is 8.51. The fourth-order valence-electron chi connectivity index (χ4n) is 2.94. The van der Waals surface area contributed by atoms with Gasteiger partial charge in [0.2, 0.25) is 6.29 Å². The summed E-state index contributed by atoms with van der Waals surface area (Å²) in [6.45, 7) is 6.40. The Bertz CT molecular complexity index is 700. The molecule has 0 unspecified atom stereocenters. The Balaban J connectivity index is 2.11. The van der Waals surface area contributed by atoms with Gasteiger partial charge in [-0.05, 0) is 62.8 Å². The van der Waals surface area contributed by atoms with Gasteiger partial charge in [-0.2, -0.15) is 11.8 Å². The molecule has 2 rings (SSSR count). The number of carbonyl (C=O) groups is 2. The number of ether oxygens (including phenoxy) is 1. The Hall–Kier alpha value is -2.02. The minimum atomic E-state index is -0.609. The van der Waals surface area contributed by atoms with Crippen LogP contribution in [0.3, 0.4) is 0 Å². The lowest BCUT2D eigenvalue weighted by molar-refractivity contribution is 0.0224. The standard InChI is InChI=1S/C20H27N2O4S/c1-20(2,3)26-19(25)22-10-8-16-14(12-22)6-5-7-17(16)18(24)21-15(13-23)9-11-27-4/h5-7,15H,8-12H2,1-4H3,(H,21,24)/t15-/m0/s1. The van der Waals surface area contributed by atoms with Crippen molar-refractivity contribution in [1.82, 2.24) is 10.2 Å². The average Bonchev–Trinajstić information content (AvgIpc) is 2.62. The summed E-state index contributed by atoms with van der Waals surface area (Å²) in [5, 5.41) is 2.75. The second-order valence-electron chi connectivity index (χ2n) is 7.52. The lowest BCUT2D eigenvalue weighted by Gasteiger charge is -2.32. The molecule has 7 heteroatoms. The molecule has 1 heterocycles. The third kappa shape index (κ3) is 5.99. The first-order chi connectivity index (χ1) is 12.7. The summed E-state index contributed by atoms with van der Waals surface area (Å²) in [4.78, 5) is 37.7. The van der Waals surface area contributed by atoms with E-state index in [1.54, 1.807) is 28.8 Å². The van der Waals surface area contributed by atoms with E-state index in [9.17, 15) is 14.4 Å². The molecule has 1 N–H and O–H groups in total. The van der Waals surface area contributed by atoms with Crippen molar-refractivity contribution in [2.75, 3.05) is 18.6 Å². The van der Waals surface area contributed by atoms with Crippen molar-refractivity contribution in [3.05, 3.63) is 34.9 Å². The molecule has 1 radical (unpaired) electrons. The molecule has 147 valence electrons. The largest absolute Gasteiger partial charge is 0.444 e. The number of nitrogens with zero attached hydrogens (tertiary/aromatic N) is 1. The summed E-state index contributed by atoms with van der Waals surface area (Å²) < 4.78 is 5.44. The number of fused-ring (bicyclic) bond motifs is 1. The number of carbonyl (C=O) groups excluding carboxylic acids is 3.